The molecule has 0 spiro atoms. The normalized spacial score (nSPS) is 10.8. The standard InChI is InChI=1S/C13H23NO2/c1-15-11-6-7-13-16-12-5-4-10-14-8-2-3-9-14/h2-3,8-9H,4-7,10-13H2,1H3. The van der Waals surface area contributed by atoms with Crippen molar-refractivity contribution in [3.63, 3.8) is 0 Å². The minimum atomic E-state index is 0.844. The monoisotopic (exact) mass is 225 g/mol. The lowest BCUT2D eigenvalue weighted by Crippen LogP contribution is -2.01. The molecule has 0 radical (unpaired) electrons. The van der Waals surface area contributed by atoms with E-state index in [4.69, 9.17) is 9.47 Å². The van der Waals surface area contributed by atoms with E-state index in [1.807, 2.05) is 0 Å². The molecule has 92 valence electrons. The van der Waals surface area contributed by atoms with Gasteiger partial charge in [-0.1, -0.05) is 0 Å². The van der Waals surface area contributed by atoms with Gasteiger partial charge in [0.25, 0.3) is 0 Å². The van der Waals surface area contributed by atoms with E-state index in [0.29, 0.717) is 0 Å². The predicted octanol–water partition coefficient (Wildman–Crippen LogP) is 2.71. The number of aromatic nitrogens is 1. The molecule has 1 heterocycles. The van der Waals surface area contributed by atoms with Crippen LogP contribution in [0.4, 0.5) is 0 Å². The van der Waals surface area contributed by atoms with Crippen LogP contribution in [0.2, 0.25) is 0 Å². The minimum absolute atomic E-state index is 0.844. The topological polar surface area (TPSA) is 23.4 Å². The lowest BCUT2D eigenvalue weighted by atomic mass is 10.3. The van der Waals surface area contributed by atoms with Crippen LogP contribution in [0.1, 0.15) is 25.7 Å². The van der Waals surface area contributed by atoms with Crippen molar-refractivity contribution in [2.75, 3.05) is 26.9 Å². The Balaban J connectivity index is 1.78. The quantitative estimate of drug-likeness (QED) is 0.572. The molecule has 0 atom stereocenters. The summed E-state index contributed by atoms with van der Waals surface area (Å²) in [7, 11) is 1.74. The Morgan fingerprint density at radius 1 is 0.875 bits per heavy atom. The van der Waals surface area contributed by atoms with Crippen LogP contribution in [0, 0.1) is 0 Å². The van der Waals surface area contributed by atoms with Crippen LogP contribution in [0.3, 0.4) is 0 Å². The highest BCUT2D eigenvalue weighted by Gasteiger charge is 1.92. The largest absolute Gasteiger partial charge is 0.385 e. The molecule has 0 aliphatic carbocycles. The van der Waals surface area contributed by atoms with Gasteiger partial charge in [-0.2, -0.15) is 0 Å². The number of ether oxygens (including phenoxy) is 2. The van der Waals surface area contributed by atoms with Gasteiger partial charge in [0.05, 0.1) is 0 Å². The summed E-state index contributed by atoms with van der Waals surface area (Å²) in [5.41, 5.74) is 0. The summed E-state index contributed by atoms with van der Waals surface area (Å²) < 4.78 is 12.7. The molecule has 0 amide bonds. The van der Waals surface area contributed by atoms with E-state index >= 15 is 0 Å². The summed E-state index contributed by atoms with van der Waals surface area (Å²) in [5, 5.41) is 0. The van der Waals surface area contributed by atoms with Crippen LogP contribution < -0.4 is 0 Å². The van der Waals surface area contributed by atoms with Gasteiger partial charge in [0.15, 0.2) is 0 Å². The van der Waals surface area contributed by atoms with Gasteiger partial charge in [-0.05, 0) is 37.8 Å². The van der Waals surface area contributed by atoms with E-state index < -0.39 is 0 Å². The molecule has 0 bridgehead atoms. The van der Waals surface area contributed by atoms with Crippen molar-refractivity contribution in [3.05, 3.63) is 24.5 Å². The maximum absolute atomic E-state index is 5.53. The van der Waals surface area contributed by atoms with Gasteiger partial charge in [0.2, 0.25) is 0 Å². The molecule has 0 fully saturated rings. The highest BCUT2D eigenvalue weighted by Crippen LogP contribution is 1.98. The van der Waals surface area contributed by atoms with E-state index in [2.05, 4.69) is 29.1 Å². The number of methoxy groups -OCH3 is 1. The fourth-order valence-corrected chi connectivity index (χ4v) is 1.57. The summed E-state index contributed by atoms with van der Waals surface area (Å²) in [6.45, 7) is 3.69. The van der Waals surface area contributed by atoms with E-state index in [9.17, 15) is 0 Å². The third-order valence-corrected chi connectivity index (χ3v) is 2.51. The first-order valence-corrected chi connectivity index (χ1v) is 6.11. The van der Waals surface area contributed by atoms with E-state index in [1.54, 1.807) is 7.11 Å². The fourth-order valence-electron chi connectivity index (χ4n) is 1.57. The number of nitrogens with zero attached hydrogens (tertiary/aromatic N) is 1. The maximum Gasteiger partial charge on any atom is 0.0466 e. The van der Waals surface area contributed by atoms with Crippen LogP contribution in [0.5, 0.6) is 0 Å². The van der Waals surface area contributed by atoms with Crippen molar-refractivity contribution in [2.24, 2.45) is 0 Å². The lowest BCUT2D eigenvalue weighted by Gasteiger charge is -2.05. The Hall–Kier alpha value is -0.800. The zero-order chi connectivity index (χ0) is 11.5. The second-order valence-corrected chi connectivity index (χ2v) is 3.94. The van der Waals surface area contributed by atoms with Crippen molar-refractivity contribution >= 4 is 0 Å². The first-order chi connectivity index (χ1) is 7.93. The molecule has 1 rings (SSSR count). The van der Waals surface area contributed by atoms with Crippen molar-refractivity contribution in [1.82, 2.24) is 4.57 Å². The van der Waals surface area contributed by atoms with Crippen LogP contribution in [0.15, 0.2) is 24.5 Å². The second kappa shape index (κ2) is 9.43. The van der Waals surface area contributed by atoms with Crippen molar-refractivity contribution in [2.45, 2.75) is 32.2 Å². The van der Waals surface area contributed by atoms with Gasteiger partial charge >= 0.3 is 0 Å². The van der Waals surface area contributed by atoms with Crippen molar-refractivity contribution in [1.29, 1.82) is 0 Å². The maximum atomic E-state index is 5.53. The zero-order valence-electron chi connectivity index (χ0n) is 10.2. The molecule has 0 saturated carbocycles. The lowest BCUT2D eigenvalue weighted by molar-refractivity contribution is 0.115. The summed E-state index contributed by atoms with van der Waals surface area (Å²) in [6, 6.07) is 4.12. The van der Waals surface area contributed by atoms with E-state index in [-0.39, 0.29) is 0 Å². The van der Waals surface area contributed by atoms with Crippen LogP contribution in [0.25, 0.3) is 0 Å². The Morgan fingerprint density at radius 2 is 1.50 bits per heavy atom. The van der Waals surface area contributed by atoms with Crippen LogP contribution in [-0.4, -0.2) is 31.5 Å². The number of hydrogen-bond acceptors (Lipinski definition) is 2. The first kappa shape index (κ1) is 13.3. The van der Waals surface area contributed by atoms with Gasteiger partial charge in [0.1, 0.15) is 0 Å². The summed E-state index contributed by atoms with van der Waals surface area (Å²) in [6.07, 6.45) is 8.73. The molecule has 0 aromatic carbocycles. The third kappa shape index (κ3) is 6.64. The molecule has 0 N–H and O–H groups in total. The molecular formula is C13H23NO2. The molecule has 1 aromatic heterocycles. The molecule has 3 heteroatoms. The summed E-state index contributed by atoms with van der Waals surface area (Å²) in [5.74, 6) is 0. The first-order valence-electron chi connectivity index (χ1n) is 6.11. The van der Waals surface area contributed by atoms with E-state index in [1.165, 1.54) is 6.42 Å². The molecule has 3 nitrogen and oxygen atoms in total. The van der Waals surface area contributed by atoms with Crippen molar-refractivity contribution in [3.8, 4) is 0 Å². The molecule has 16 heavy (non-hydrogen) atoms. The Bertz CT molecular complexity index is 234. The summed E-state index contributed by atoms with van der Waals surface area (Å²) >= 11 is 0. The fraction of sp³-hybridized carbons (Fsp3) is 0.692. The molecule has 0 aliphatic heterocycles. The summed E-state index contributed by atoms with van der Waals surface area (Å²) in [4.78, 5) is 0. The second-order valence-electron chi connectivity index (χ2n) is 3.94. The zero-order valence-corrected chi connectivity index (χ0v) is 10.2. The number of hydrogen-bond donors (Lipinski definition) is 0. The number of rotatable bonds is 10. The van der Waals surface area contributed by atoms with Crippen LogP contribution >= 0.6 is 0 Å². The molecule has 0 saturated heterocycles. The Labute approximate surface area is 98.4 Å². The molecule has 0 aliphatic rings. The molecular weight excluding hydrogens is 202 g/mol. The Kier molecular flexibility index (Phi) is 7.82. The van der Waals surface area contributed by atoms with Gasteiger partial charge in [-0.3, -0.25) is 0 Å². The van der Waals surface area contributed by atoms with E-state index in [0.717, 1.165) is 45.6 Å². The minimum Gasteiger partial charge on any atom is -0.385 e. The van der Waals surface area contributed by atoms with Gasteiger partial charge in [0, 0.05) is 45.9 Å². The predicted molar refractivity (Wildman–Crippen MR) is 65.6 cm³/mol. The third-order valence-electron chi connectivity index (χ3n) is 2.51. The van der Waals surface area contributed by atoms with Gasteiger partial charge < -0.3 is 14.0 Å². The van der Waals surface area contributed by atoms with Gasteiger partial charge in [-0.25, -0.2) is 0 Å². The molecule has 1 aromatic rings. The highest BCUT2D eigenvalue weighted by atomic mass is 16.5. The Morgan fingerprint density at radius 3 is 2.19 bits per heavy atom. The molecule has 0 unspecified atom stereocenters. The van der Waals surface area contributed by atoms with Crippen molar-refractivity contribution < 1.29 is 9.47 Å². The average Bonchev–Trinajstić information content (AvgIpc) is 2.80. The van der Waals surface area contributed by atoms with Gasteiger partial charge in [-0.15, -0.1) is 0 Å². The SMILES string of the molecule is COCCCCOCCCCn1cccc1. The smallest absolute Gasteiger partial charge is 0.0466 e. The average molecular weight is 225 g/mol. The number of aryl methyl sites for hydroxylation is 1. The highest BCUT2D eigenvalue weighted by molar-refractivity contribution is 4.89. The number of unbranched alkanes of at least 4 members (excludes halogenated alkanes) is 2. The van der Waals surface area contributed by atoms with Crippen LogP contribution in [-0.2, 0) is 16.0 Å².